The summed E-state index contributed by atoms with van der Waals surface area (Å²) >= 11 is 0. The monoisotopic (exact) mass is 256 g/mol. The summed E-state index contributed by atoms with van der Waals surface area (Å²) in [6, 6.07) is 10.3. The molecular formula is C15H20N4. The molecule has 0 bridgehead atoms. The first kappa shape index (κ1) is 13.5. The Morgan fingerprint density at radius 2 is 1.74 bits per heavy atom. The van der Waals surface area contributed by atoms with E-state index in [1.54, 1.807) is 6.07 Å². The van der Waals surface area contributed by atoms with Crippen molar-refractivity contribution in [2.24, 2.45) is 0 Å². The molecule has 0 aliphatic heterocycles. The molecule has 2 rings (SSSR count). The van der Waals surface area contributed by atoms with E-state index in [1.165, 1.54) is 11.1 Å². The quantitative estimate of drug-likeness (QED) is 0.912. The summed E-state index contributed by atoms with van der Waals surface area (Å²) < 4.78 is 0. The first-order valence-electron chi connectivity index (χ1n) is 6.37. The van der Waals surface area contributed by atoms with E-state index in [9.17, 15) is 0 Å². The number of nitrogens with zero attached hydrogens (tertiary/aromatic N) is 3. The van der Waals surface area contributed by atoms with Crippen LogP contribution in [0.25, 0.3) is 0 Å². The van der Waals surface area contributed by atoms with Crippen molar-refractivity contribution >= 4 is 5.82 Å². The van der Waals surface area contributed by atoms with Gasteiger partial charge in [0.2, 0.25) is 0 Å². The summed E-state index contributed by atoms with van der Waals surface area (Å²) in [6.07, 6.45) is 0. The van der Waals surface area contributed by atoms with Crippen LogP contribution in [0.4, 0.5) is 5.82 Å². The molecule has 0 saturated heterocycles. The number of nitrogens with two attached hydrogens (primary N) is 1. The molecular weight excluding hydrogens is 236 g/mol. The molecule has 2 aromatic rings. The van der Waals surface area contributed by atoms with Gasteiger partial charge in [0.15, 0.2) is 0 Å². The number of hydrogen-bond donors (Lipinski definition) is 1. The summed E-state index contributed by atoms with van der Waals surface area (Å²) in [7, 11) is 2.06. The molecule has 1 aromatic carbocycles. The molecule has 4 nitrogen and oxygen atoms in total. The fourth-order valence-electron chi connectivity index (χ4n) is 2.03. The van der Waals surface area contributed by atoms with E-state index in [2.05, 4.69) is 53.1 Å². The second kappa shape index (κ2) is 5.80. The van der Waals surface area contributed by atoms with Gasteiger partial charge in [-0.15, -0.1) is 0 Å². The van der Waals surface area contributed by atoms with Crippen LogP contribution >= 0.6 is 0 Å². The van der Waals surface area contributed by atoms with Crippen molar-refractivity contribution in [1.82, 2.24) is 14.9 Å². The van der Waals surface area contributed by atoms with Gasteiger partial charge in [-0.25, -0.2) is 9.97 Å². The van der Waals surface area contributed by atoms with Crippen molar-refractivity contribution in [3.63, 3.8) is 0 Å². The highest BCUT2D eigenvalue weighted by Gasteiger charge is 2.05. The normalized spacial score (nSPS) is 10.9. The molecule has 1 aromatic heterocycles. The number of rotatable bonds is 4. The molecule has 0 atom stereocenters. The van der Waals surface area contributed by atoms with Crippen LogP contribution in [0, 0.1) is 13.8 Å². The number of hydrogen-bond acceptors (Lipinski definition) is 4. The Bertz CT molecular complexity index is 528. The number of benzene rings is 1. The summed E-state index contributed by atoms with van der Waals surface area (Å²) in [5, 5.41) is 0. The lowest BCUT2D eigenvalue weighted by atomic mass is 10.1. The Balaban J connectivity index is 2.00. The lowest BCUT2D eigenvalue weighted by molar-refractivity contribution is 0.310. The van der Waals surface area contributed by atoms with Gasteiger partial charge in [0.25, 0.3) is 0 Å². The number of nitrogen functional groups attached to an aromatic ring is 1. The highest BCUT2D eigenvalue weighted by Crippen LogP contribution is 2.09. The second-order valence-electron chi connectivity index (χ2n) is 5.01. The van der Waals surface area contributed by atoms with Gasteiger partial charge < -0.3 is 5.73 Å². The van der Waals surface area contributed by atoms with Crippen molar-refractivity contribution in [2.45, 2.75) is 26.9 Å². The molecule has 4 heteroatoms. The van der Waals surface area contributed by atoms with Crippen LogP contribution in [0.5, 0.6) is 0 Å². The first-order chi connectivity index (χ1) is 9.02. The molecule has 0 amide bonds. The predicted octanol–water partition coefficient (Wildman–Crippen LogP) is 2.31. The SMILES string of the molecule is Cc1ccc(CN(C)Cc2nc(C)cc(N)n2)cc1. The van der Waals surface area contributed by atoms with Gasteiger partial charge in [-0.3, -0.25) is 4.90 Å². The maximum atomic E-state index is 5.73. The molecule has 0 fully saturated rings. The van der Waals surface area contributed by atoms with Gasteiger partial charge in [-0.05, 0) is 26.5 Å². The van der Waals surface area contributed by atoms with Crippen molar-refractivity contribution in [3.05, 3.63) is 53.0 Å². The first-order valence-corrected chi connectivity index (χ1v) is 6.37. The molecule has 0 aliphatic rings. The molecule has 2 N–H and O–H groups in total. The van der Waals surface area contributed by atoms with Crippen molar-refractivity contribution in [2.75, 3.05) is 12.8 Å². The third kappa shape index (κ3) is 4.03. The minimum absolute atomic E-state index is 0.534. The molecule has 1 heterocycles. The van der Waals surface area contributed by atoms with E-state index >= 15 is 0 Å². The third-order valence-corrected chi connectivity index (χ3v) is 2.90. The second-order valence-corrected chi connectivity index (χ2v) is 5.01. The Morgan fingerprint density at radius 3 is 2.37 bits per heavy atom. The van der Waals surface area contributed by atoms with Gasteiger partial charge >= 0.3 is 0 Å². The molecule has 0 radical (unpaired) electrons. The molecule has 0 aliphatic carbocycles. The molecule has 0 spiro atoms. The van der Waals surface area contributed by atoms with Crippen LogP contribution in [-0.2, 0) is 13.1 Å². The highest BCUT2D eigenvalue weighted by atomic mass is 15.1. The minimum Gasteiger partial charge on any atom is -0.384 e. The number of aryl methyl sites for hydroxylation is 2. The Labute approximate surface area is 114 Å². The summed E-state index contributed by atoms with van der Waals surface area (Å²) in [5.74, 6) is 1.30. The largest absolute Gasteiger partial charge is 0.384 e. The van der Waals surface area contributed by atoms with Crippen molar-refractivity contribution in [3.8, 4) is 0 Å². The predicted molar refractivity (Wildman–Crippen MR) is 77.5 cm³/mol. The average molecular weight is 256 g/mol. The van der Waals surface area contributed by atoms with E-state index in [0.29, 0.717) is 12.4 Å². The lowest BCUT2D eigenvalue weighted by Gasteiger charge is -2.16. The molecule has 19 heavy (non-hydrogen) atoms. The topological polar surface area (TPSA) is 55.0 Å². The van der Waals surface area contributed by atoms with Gasteiger partial charge in [0, 0.05) is 18.3 Å². The van der Waals surface area contributed by atoms with Crippen LogP contribution in [0.3, 0.4) is 0 Å². The Kier molecular flexibility index (Phi) is 4.12. The van der Waals surface area contributed by atoms with Crippen LogP contribution in [0.2, 0.25) is 0 Å². The molecule has 0 unspecified atom stereocenters. The fourth-order valence-corrected chi connectivity index (χ4v) is 2.03. The summed E-state index contributed by atoms with van der Waals surface area (Å²) in [6.45, 7) is 5.59. The van der Waals surface area contributed by atoms with Gasteiger partial charge in [-0.2, -0.15) is 0 Å². The maximum Gasteiger partial charge on any atom is 0.144 e. The van der Waals surface area contributed by atoms with Gasteiger partial charge in [-0.1, -0.05) is 29.8 Å². The summed E-state index contributed by atoms with van der Waals surface area (Å²) in [4.78, 5) is 10.8. The zero-order valence-electron chi connectivity index (χ0n) is 11.7. The zero-order chi connectivity index (χ0) is 13.8. The van der Waals surface area contributed by atoms with Crippen LogP contribution < -0.4 is 5.73 Å². The van der Waals surface area contributed by atoms with E-state index in [-0.39, 0.29) is 0 Å². The number of anilines is 1. The lowest BCUT2D eigenvalue weighted by Crippen LogP contribution is -2.19. The van der Waals surface area contributed by atoms with Crippen LogP contribution in [0.15, 0.2) is 30.3 Å². The standard InChI is InChI=1S/C15H20N4/c1-11-4-6-13(7-5-11)9-19(3)10-15-17-12(2)8-14(16)18-15/h4-8H,9-10H2,1-3H3,(H2,16,17,18). The van der Waals surface area contributed by atoms with E-state index in [1.807, 2.05) is 6.92 Å². The Morgan fingerprint density at radius 1 is 1.05 bits per heavy atom. The van der Waals surface area contributed by atoms with E-state index < -0.39 is 0 Å². The van der Waals surface area contributed by atoms with Crippen LogP contribution in [-0.4, -0.2) is 21.9 Å². The van der Waals surface area contributed by atoms with Gasteiger partial charge in [0.1, 0.15) is 11.6 Å². The minimum atomic E-state index is 0.534. The molecule has 100 valence electrons. The summed E-state index contributed by atoms with van der Waals surface area (Å²) in [5.41, 5.74) is 9.21. The fraction of sp³-hybridized carbons (Fsp3) is 0.333. The zero-order valence-corrected chi connectivity index (χ0v) is 11.7. The third-order valence-electron chi connectivity index (χ3n) is 2.90. The highest BCUT2D eigenvalue weighted by molar-refractivity contribution is 5.29. The van der Waals surface area contributed by atoms with Crippen molar-refractivity contribution in [1.29, 1.82) is 0 Å². The Hall–Kier alpha value is -1.94. The number of aromatic nitrogens is 2. The van der Waals surface area contributed by atoms with E-state index in [4.69, 9.17) is 5.73 Å². The maximum absolute atomic E-state index is 5.73. The van der Waals surface area contributed by atoms with Gasteiger partial charge in [0.05, 0.1) is 6.54 Å². The molecule has 0 saturated carbocycles. The average Bonchev–Trinajstić information content (AvgIpc) is 2.30. The smallest absolute Gasteiger partial charge is 0.144 e. The van der Waals surface area contributed by atoms with Crippen molar-refractivity contribution < 1.29 is 0 Å². The van der Waals surface area contributed by atoms with E-state index in [0.717, 1.165) is 18.1 Å². The van der Waals surface area contributed by atoms with Crippen LogP contribution in [0.1, 0.15) is 22.6 Å².